The van der Waals surface area contributed by atoms with Crippen LogP contribution in [0.15, 0.2) is 53.3 Å². The van der Waals surface area contributed by atoms with Crippen LogP contribution in [0.1, 0.15) is 16.1 Å². The Hall–Kier alpha value is -1.74. The molecule has 116 valence electrons. The van der Waals surface area contributed by atoms with Gasteiger partial charge in [0, 0.05) is 14.2 Å². The maximum absolute atomic E-state index is 12.5. The largest absolute Gasteiger partial charge is 0.321 e. The minimum Gasteiger partial charge on any atom is -0.321 e. The van der Waals surface area contributed by atoms with Gasteiger partial charge in [-0.3, -0.25) is 4.79 Å². The molecule has 0 fully saturated rings. The third-order valence-corrected chi connectivity index (χ3v) is 4.73. The first-order valence-corrected chi connectivity index (χ1v) is 8.66. The van der Waals surface area contributed by atoms with Gasteiger partial charge in [0.05, 0.1) is 23.1 Å². The number of rotatable bonds is 3. The van der Waals surface area contributed by atoms with Crippen LogP contribution < -0.4 is 5.32 Å². The summed E-state index contributed by atoms with van der Waals surface area (Å²) in [6.45, 7) is 1.85. The van der Waals surface area contributed by atoms with Gasteiger partial charge in [-0.15, -0.1) is 0 Å². The summed E-state index contributed by atoms with van der Waals surface area (Å²) in [6.07, 6.45) is 3.25. The van der Waals surface area contributed by atoms with Gasteiger partial charge in [-0.2, -0.15) is 5.10 Å². The van der Waals surface area contributed by atoms with Gasteiger partial charge in [0.25, 0.3) is 5.91 Å². The van der Waals surface area contributed by atoms with Crippen LogP contribution in [-0.2, 0) is 0 Å². The van der Waals surface area contributed by atoms with E-state index in [-0.39, 0.29) is 5.91 Å². The molecule has 7 heteroatoms. The van der Waals surface area contributed by atoms with Crippen LogP contribution in [0, 0.1) is 10.5 Å². The standard InChI is InChI=1S/C16H12BrIN4O/c1-10-12(9-20-22(10)15-4-2-3-7-19-15)16(23)21-14-8-11(17)5-6-13(14)18/h2-9H,1H3,(H,21,23). The van der Waals surface area contributed by atoms with Crippen LogP contribution in [-0.4, -0.2) is 20.7 Å². The fourth-order valence-corrected chi connectivity index (χ4v) is 2.96. The molecule has 2 aromatic heterocycles. The summed E-state index contributed by atoms with van der Waals surface area (Å²) < 4.78 is 3.53. The van der Waals surface area contributed by atoms with Gasteiger partial charge in [-0.25, -0.2) is 9.67 Å². The molecule has 1 aromatic carbocycles. The van der Waals surface area contributed by atoms with Gasteiger partial charge in [-0.1, -0.05) is 22.0 Å². The van der Waals surface area contributed by atoms with Crippen LogP contribution in [0.4, 0.5) is 5.69 Å². The molecule has 1 amide bonds. The Balaban J connectivity index is 1.89. The van der Waals surface area contributed by atoms with E-state index in [9.17, 15) is 4.79 Å². The lowest BCUT2D eigenvalue weighted by Gasteiger charge is -2.08. The number of aromatic nitrogens is 3. The summed E-state index contributed by atoms with van der Waals surface area (Å²) in [6, 6.07) is 11.3. The average molecular weight is 483 g/mol. The number of nitrogens with one attached hydrogen (secondary N) is 1. The quantitative estimate of drug-likeness (QED) is 0.569. The van der Waals surface area contributed by atoms with E-state index in [1.165, 1.54) is 0 Å². The number of halogens is 2. The Kier molecular flexibility index (Phi) is 4.76. The topological polar surface area (TPSA) is 59.8 Å². The summed E-state index contributed by atoms with van der Waals surface area (Å²) in [5.74, 6) is 0.488. The van der Waals surface area contributed by atoms with Crippen molar-refractivity contribution in [3.63, 3.8) is 0 Å². The van der Waals surface area contributed by atoms with Gasteiger partial charge in [-0.05, 0) is 59.8 Å². The second-order valence-electron chi connectivity index (χ2n) is 4.82. The number of nitrogens with zero attached hydrogens (tertiary/aromatic N) is 3. The van der Waals surface area contributed by atoms with Gasteiger partial charge in [0.1, 0.15) is 0 Å². The monoisotopic (exact) mass is 482 g/mol. The van der Waals surface area contributed by atoms with Crippen LogP contribution >= 0.6 is 38.5 Å². The molecule has 0 unspecified atom stereocenters. The van der Waals surface area contributed by atoms with Crippen LogP contribution in [0.5, 0.6) is 0 Å². The number of hydrogen-bond acceptors (Lipinski definition) is 3. The molecule has 0 radical (unpaired) electrons. The Morgan fingerprint density at radius 3 is 2.87 bits per heavy atom. The average Bonchev–Trinajstić information content (AvgIpc) is 2.93. The Morgan fingerprint density at radius 2 is 2.13 bits per heavy atom. The lowest BCUT2D eigenvalue weighted by atomic mass is 10.2. The second kappa shape index (κ2) is 6.79. The van der Waals surface area contributed by atoms with Crippen molar-refractivity contribution >= 4 is 50.1 Å². The number of amides is 1. The van der Waals surface area contributed by atoms with Crippen LogP contribution in [0.3, 0.4) is 0 Å². The molecule has 0 aliphatic heterocycles. The highest BCUT2D eigenvalue weighted by Gasteiger charge is 2.16. The van der Waals surface area contributed by atoms with E-state index in [0.29, 0.717) is 11.4 Å². The molecular weight excluding hydrogens is 471 g/mol. The molecular formula is C16H12BrIN4O. The van der Waals surface area contributed by atoms with Gasteiger partial charge >= 0.3 is 0 Å². The molecule has 5 nitrogen and oxygen atoms in total. The third kappa shape index (κ3) is 3.45. The van der Waals surface area contributed by atoms with Crippen molar-refractivity contribution in [1.82, 2.24) is 14.8 Å². The number of benzene rings is 1. The Morgan fingerprint density at radius 1 is 1.30 bits per heavy atom. The van der Waals surface area contributed by atoms with Gasteiger partial charge in [0.2, 0.25) is 0 Å². The highest BCUT2D eigenvalue weighted by molar-refractivity contribution is 14.1. The first-order chi connectivity index (χ1) is 11.1. The molecule has 0 aliphatic carbocycles. The van der Waals surface area contributed by atoms with E-state index in [2.05, 4.69) is 53.9 Å². The SMILES string of the molecule is Cc1c(C(=O)Nc2cc(Br)ccc2I)cnn1-c1ccccn1. The first kappa shape index (κ1) is 16.1. The number of hydrogen-bond donors (Lipinski definition) is 1. The van der Waals surface area contributed by atoms with Crippen molar-refractivity contribution in [2.45, 2.75) is 6.92 Å². The van der Waals surface area contributed by atoms with E-state index >= 15 is 0 Å². The molecule has 0 saturated heterocycles. The van der Waals surface area contributed by atoms with Crippen LogP contribution in [0.25, 0.3) is 5.82 Å². The van der Waals surface area contributed by atoms with E-state index in [4.69, 9.17) is 0 Å². The van der Waals surface area contributed by atoms with Crippen molar-refractivity contribution in [2.24, 2.45) is 0 Å². The summed E-state index contributed by atoms with van der Waals surface area (Å²) in [5.41, 5.74) is 2.02. The lowest BCUT2D eigenvalue weighted by Crippen LogP contribution is -2.14. The summed E-state index contributed by atoms with van der Waals surface area (Å²) in [4.78, 5) is 16.8. The first-order valence-electron chi connectivity index (χ1n) is 6.78. The minimum absolute atomic E-state index is 0.194. The molecule has 0 saturated carbocycles. The van der Waals surface area contributed by atoms with E-state index in [0.717, 1.165) is 19.4 Å². The molecule has 1 N–H and O–H groups in total. The Bertz CT molecular complexity index is 864. The minimum atomic E-state index is -0.194. The molecule has 0 spiro atoms. The fraction of sp³-hybridized carbons (Fsp3) is 0.0625. The molecule has 0 bridgehead atoms. The van der Waals surface area contributed by atoms with E-state index in [1.807, 2.05) is 43.3 Å². The summed E-state index contributed by atoms with van der Waals surface area (Å²) in [7, 11) is 0. The lowest BCUT2D eigenvalue weighted by molar-refractivity contribution is 0.102. The molecule has 3 rings (SSSR count). The normalized spacial score (nSPS) is 10.6. The van der Waals surface area contributed by atoms with E-state index in [1.54, 1.807) is 17.1 Å². The molecule has 23 heavy (non-hydrogen) atoms. The van der Waals surface area contributed by atoms with Crippen molar-refractivity contribution in [3.8, 4) is 5.82 Å². The predicted molar refractivity (Wildman–Crippen MR) is 101 cm³/mol. The van der Waals surface area contributed by atoms with Crippen molar-refractivity contribution in [2.75, 3.05) is 5.32 Å². The number of carbonyl (C=O) groups is 1. The molecule has 0 atom stereocenters. The Labute approximate surface area is 155 Å². The smallest absolute Gasteiger partial charge is 0.259 e. The van der Waals surface area contributed by atoms with Crippen molar-refractivity contribution in [3.05, 3.63) is 68.1 Å². The molecule has 0 aliphatic rings. The van der Waals surface area contributed by atoms with Crippen LogP contribution in [0.2, 0.25) is 0 Å². The zero-order valence-corrected chi connectivity index (χ0v) is 15.9. The van der Waals surface area contributed by atoms with Crippen molar-refractivity contribution < 1.29 is 4.79 Å². The fourth-order valence-electron chi connectivity index (χ4n) is 2.13. The zero-order chi connectivity index (χ0) is 16.4. The summed E-state index contributed by atoms with van der Waals surface area (Å²) in [5, 5.41) is 7.19. The number of pyridine rings is 1. The molecule has 3 aromatic rings. The van der Waals surface area contributed by atoms with Gasteiger partial charge in [0.15, 0.2) is 5.82 Å². The summed E-state index contributed by atoms with van der Waals surface area (Å²) >= 11 is 5.60. The maximum atomic E-state index is 12.5. The van der Waals surface area contributed by atoms with E-state index < -0.39 is 0 Å². The predicted octanol–water partition coefficient (Wildman–Crippen LogP) is 4.20. The third-order valence-electron chi connectivity index (χ3n) is 3.30. The van der Waals surface area contributed by atoms with Crippen molar-refractivity contribution in [1.29, 1.82) is 0 Å². The number of carbonyl (C=O) groups excluding carboxylic acids is 1. The van der Waals surface area contributed by atoms with Gasteiger partial charge < -0.3 is 5.32 Å². The highest BCUT2D eigenvalue weighted by atomic mass is 127. The number of anilines is 1. The highest BCUT2D eigenvalue weighted by Crippen LogP contribution is 2.24. The molecule has 2 heterocycles. The zero-order valence-electron chi connectivity index (χ0n) is 12.1. The maximum Gasteiger partial charge on any atom is 0.259 e. The second-order valence-corrected chi connectivity index (χ2v) is 6.90.